The maximum atomic E-state index is 12.8. The summed E-state index contributed by atoms with van der Waals surface area (Å²) in [5.41, 5.74) is 0.968. The number of benzene rings is 1. The standard InChI is InChI=1S/C19H24Cl2N2O2/c20-17-5-2-6-18(21)16(17)10-22-7-13-8-23(9-15(22)12-25-11-13)19(24)14-3-1-4-14/h2,5-6,13-15H,1,3-4,7-12H2/t13-,15+/m1/s1. The first-order valence-corrected chi connectivity index (χ1v) is 9.91. The quantitative estimate of drug-likeness (QED) is 0.802. The van der Waals surface area contributed by atoms with Crippen LogP contribution in [0.5, 0.6) is 0 Å². The van der Waals surface area contributed by atoms with Gasteiger partial charge >= 0.3 is 0 Å². The summed E-state index contributed by atoms with van der Waals surface area (Å²) in [6, 6.07) is 5.84. The summed E-state index contributed by atoms with van der Waals surface area (Å²) in [5.74, 6) is 0.949. The van der Waals surface area contributed by atoms with E-state index in [9.17, 15) is 4.79 Å². The maximum absolute atomic E-state index is 12.8. The van der Waals surface area contributed by atoms with Gasteiger partial charge in [-0.05, 0) is 25.0 Å². The SMILES string of the molecule is O=C(C1CCC1)N1C[C@@H]2COC[C@H](C1)N(Cc1c(Cl)cccc1Cl)C2. The van der Waals surface area contributed by atoms with Crippen LogP contribution in [0.3, 0.4) is 0 Å². The lowest BCUT2D eigenvalue weighted by molar-refractivity contribution is -0.140. The zero-order valence-electron chi connectivity index (χ0n) is 14.3. The number of carbonyl (C=O) groups is 1. The fourth-order valence-corrected chi connectivity index (χ4v) is 4.62. The number of fused-ring (bicyclic) bond motifs is 3. The minimum atomic E-state index is 0.198. The van der Waals surface area contributed by atoms with Gasteiger partial charge in [0, 0.05) is 53.6 Å². The van der Waals surface area contributed by atoms with Crippen LogP contribution in [0.25, 0.3) is 0 Å². The van der Waals surface area contributed by atoms with Crippen molar-refractivity contribution >= 4 is 29.1 Å². The molecule has 25 heavy (non-hydrogen) atoms. The van der Waals surface area contributed by atoms with Gasteiger partial charge < -0.3 is 9.64 Å². The molecule has 4 rings (SSSR count). The lowest BCUT2D eigenvalue weighted by atomic mass is 9.84. The minimum Gasteiger partial charge on any atom is -0.379 e. The molecule has 2 saturated heterocycles. The predicted octanol–water partition coefficient (Wildman–Crippen LogP) is 3.45. The van der Waals surface area contributed by atoms with Crippen molar-refractivity contribution in [1.29, 1.82) is 0 Å². The Labute approximate surface area is 159 Å². The summed E-state index contributed by atoms with van der Waals surface area (Å²) >= 11 is 12.7. The van der Waals surface area contributed by atoms with Gasteiger partial charge in [0.2, 0.25) is 5.91 Å². The maximum Gasteiger partial charge on any atom is 0.225 e. The molecule has 0 radical (unpaired) electrons. The fourth-order valence-electron chi connectivity index (χ4n) is 4.10. The zero-order valence-corrected chi connectivity index (χ0v) is 15.8. The highest BCUT2D eigenvalue weighted by atomic mass is 35.5. The molecular weight excluding hydrogens is 359 g/mol. The second-order valence-electron chi connectivity index (χ2n) is 7.56. The smallest absolute Gasteiger partial charge is 0.225 e. The summed E-state index contributed by atoms with van der Waals surface area (Å²) in [6.45, 7) is 4.55. The second kappa shape index (κ2) is 7.43. The summed E-state index contributed by atoms with van der Waals surface area (Å²) in [6.07, 6.45) is 3.30. The first kappa shape index (κ1) is 17.6. The number of rotatable bonds is 3. The highest BCUT2D eigenvalue weighted by molar-refractivity contribution is 6.35. The van der Waals surface area contributed by atoms with Crippen molar-refractivity contribution in [3.05, 3.63) is 33.8 Å². The number of amides is 1. The lowest BCUT2D eigenvalue weighted by Crippen LogP contribution is -2.48. The van der Waals surface area contributed by atoms with E-state index in [4.69, 9.17) is 27.9 Å². The number of hydrogen-bond acceptors (Lipinski definition) is 3. The molecule has 0 aromatic heterocycles. The van der Waals surface area contributed by atoms with Crippen LogP contribution in [-0.2, 0) is 16.1 Å². The molecule has 1 saturated carbocycles. The molecule has 1 aromatic carbocycles. The van der Waals surface area contributed by atoms with Crippen LogP contribution in [-0.4, -0.2) is 54.6 Å². The van der Waals surface area contributed by atoms with Gasteiger partial charge in [0.25, 0.3) is 0 Å². The molecule has 0 unspecified atom stereocenters. The molecule has 0 spiro atoms. The summed E-state index contributed by atoms with van der Waals surface area (Å²) in [4.78, 5) is 17.3. The highest BCUT2D eigenvalue weighted by Gasteiger charge is 2.38. The zero-order chi connectivity index (χ0) is 17.4. The third kappa shape index (κ3) is 3.68. The van der Waals surface area contributed by atoms with Crippen molar-refractivity contribution in [2.45, 2.75) is 31.8 Å². The van der Waals surface area contributed by atoms with Crippen molar-refractivity contribution in [2.75, 3.05) is 32.8 Å². The molecule has 4 nitrogen and oxygen atoms in total. The molecule has 2 aliphatic heterocycles. The number of nitrogens with zero attached hydrogens (tertiary/aromatic N) is 2. The van der Waals surface area contributed by atoms with E-state index in [-0.39, 0.29) is 12.0 Å². The monoisotopic (exact) mass is 382 g/mol. The van der Waals surface area contributed by atoms with Crippen molar-refractivity contribution in [3.8, 4) is 0 Å². The van der Waals surface area contributed by atoms with Gasteiger partial charge in [-0.3, -0.25) is 9.69 Å². The van der Waals surface area contributed by atoms with E-state index in [1.54, 1.807) is 0 Å². The van der Waals surface area contributed by atoms with E-state index in [1.165, 1.54) is 6.42 Å². The Hall–Kier alpha value is -0.810. The normalized spacial score (nSPS) is 27.7. The predicted molar refractivity (Wildman–Crippen MR) is 98.9 cm³/mol. The van der Waals surface area contributed by atoms with Crippen LogP contribution >= 0.6 is 23.2 Å². The highest BCUT2D eigenvalue weighted by Crippen LogP contribution is 2.32. The third-order valence-corrected chi connectivity index (χ3v) is 6.48. The Morgan fingerprint density at radius 3 is 2.56 bits per heavy atom. The van der Waals surface area contributed by atoms with E-state index < -0.39 is 0 Å². The molecular formula is C19H24Cl2N2O2. The molecule has 2 bridgehead atoms. The topological polar surface area (TPSA) is 32.8 Å². The first-order chi connectivity index (χ1) is 12.1. The Bertz CT molecular complexity index is 630. The molecule has 1 aliphatic carbocycles. The Balaban J connectivity index is 1.53. The van der Waals surface area contributed by atoms with Crippen LogP contribution in [0, 0.1) is 11.8 Å². The average Bonchev–Trinajstić information content (AvgIpc) is 2.79. The molecule has 6 heteroatoms. The lowest BCUT2D eigenvalue weighted by Gasteiger charge is -2.35. The largest absolute Gasteiger partial charge is 0.379 e. The van der Waals surface area contributed by atoms with Crippen molar-refractivity contribution in [1.82, 2.24) is 9.80 Å². The van der Waals surface area contributed by atoms with Gasteiger partial charge in [0.15, 0.2) is 0 Å². The van der Waals surface area contributed by atoms with Crippen LogP contribution in [0.4, 0.5) is 0 Å². The number of halogens is 2. The van der Waals surface area contributed by atoms with Crippen molar-refractivity contribution in [2.24, 2.45) is 11.8 Å². The molecule has 2 atom stereocenters. The van der Waals surface area contributed by atoms with E-state index in [1.807, 2.05) is 18.2 Å². The van der Waals surface area contributed by atoms with E-state index in [0.717, 1.165) is 44.6 Å². The average molecular weight is 383 g/mol. The first-order valence-electron chi connectivity index (χ1n) is 9.15. The number of ether oxygens (including phenoxy) is 1. The summed E-state index contributed by atoms with van der Waals surface area (Å²) < 4.78 is 5.87. The van der Waals surface area contributed by atoms with E-state index in [2.05, 4.69) is 9.80 Å². The molecule has 3 fully saturated rings. The second-order valence-corrected chi connectivity index (χ2v) is 8.37. The third-order valence-electron chi connectivity index (χ3n) is 5.77. The van der Waals surface area contributed by atoms with Crippen molar-refractivity contribution in [3.63, 3.8) is 0 Å². The Morgan fingerprint density at radius 1 is 1.12 bits per heavy atom. The van der Waals surface area contributed by atoms with Gasteiger partial charge in [-0.2, -0.15) is 0 Å². The van der Waals surface area contributed by atoms with E-state index >= 15 is 0 Å². The van der Waals surface area contributed by atoms with Crippen LogP contribution in [0.1, 0.15) is 24.8 Å². The molecule has 2 heterocycles. The van der Waals surface area contributed by atoms with Crippen molar-refractivity contribution < 1.29 is 9.53 Å². The Morgan fingerprint density at radius 2 is 1.88 bits per heavy atom. The van der Waals surface area contributed by atoms with Crippen LogP contribution in [0.15, 0.2) is 18.2 Å². The van der Waals surface area contributed by atoms with Gasteiger partial charge in [0.05, 0.1) is 19.3 Å². The number of hydrogen-bond donors (Lipinski definition) is 0. The minimum absolute atomic E-state index is 0.198. The van der Waals surface area contributed by atoms with Crippen LogP contribution in [0.2, 0.25) is 10.0 Å². The van der Waals surface area contributed by atoms with Gasteiger partial charge in [-0.15, -0.1) is 0 Å². The fraction of sp³-hybridized carbons (Fsp3) is 0.632. The summed E-state index contributed by atoms with van der Waals surface area (Å²) in [7, 11) is 0. The Kier molecular flexibility index (Phi) is 5.23. The van der Waals surface area contributed by atoms with Gasteiger partial charge in [-0.25, -0.2) is 0 Å². The molecule has 3 aliphatic rings. The molecule has 1 amide bonds. The van der Waals surface area contributed by atoms with E-state index in [0.29, 0.717) is 35.0 Å². The van der Waals surface area contributed by atoms with Gasteiger partial charge in [-0.1, -0.05) is 35.7 Å². The molecule has 0 N–H and O–H groups in total. The van der Waals surface area contributed by atoms with Gasteiger partial charge in [0.1, 0.15) is 0 Å². The van der Waals surface area contributed by atoms with Crippen LogP contribution < -0.4 is 0 Å². The number of carbonyl (C=O) groups excluding carboxylic acids is 1. The molecule has 1 aromatic rings. The summed E-state index contributed by atoms with van der Waals surface area (Å²) in [5, 5.41) is 1.41. The molecule has 136 valence electrons.